The maximum atomic E-state index is 12.0. The van der Waals surface area contributed by atoms with Crippen molar-refractivity contribution < 1.29 is 0 Å². The van der Waals surface area contributed by atoms with Crippen LogP contribution in [0.25, 0.3) is 23.3 Å². The summed E-state index contributed by atoms with van der Waals surface area (Å²) >= 11 is 0. The van der Waals surface area contributed by atoms with Crippen molar-refractivity contribution in [1.82, 2.24) is 24.1 Å². The van der Waals surface area contributed by atoms with Gasteiger partial charge in [-0.05, 0) is 24.3 Å². The van der Waals surface area contributed by atoms with Gasteiger partial charge < -0.3 is 0 Å². The van der Waals surface area contributed by atoms with Crippen molar-refractivity contribution in [2.75, 3.05) is 0 Å². The molecule has 3 aromatic heterocycles. The van der Waals surface area contributed by atoms with Gasteiger partial charge in [-0.2, -0.15) is 0 Å². The van der Waals surface area contributed by atoms with E-state index >= 15 is 0 Å². The standard InChI is InChI=1S/C15H13N5O2/c1-19-13-12(14(21)20(2)15(19)22)17-9-11(18-13)7-6-10-5-3-4-8-16-10/h3-9H,1-2H3/b7-6+. The zero-order chi connectivity index (χ0) is 15.7. The molecule has 0 N–H and O–H groups in total. The highest BCUT2D eigenvalue weighted by Crippen LogP contribution is 2.06. The van der Waals surface area contributed by atoms with Crippen LogP contribution in [-0.4, -0.2) is 24.1 Å². The minimum Gasteiger partial charge on any atom is -0.279 e. The second kappa shape index (κ2) is 5.36. The van der Waals surface area contributed by atoms with Crippen LogP contribution in [0.1, 0.15) is 11.4 Å². The Bertz CT molecular complexity index is 986. The van der Waals surface area contributed by atoms with E-state index in [4.69, 9.17) is 0 Å². The molecule has 7 heteroatoms. The maximum absolute atomic E-state index is 12.0. The Kier molecular flexibility index (Phi) is 3.38. The topological polar surface area (TPSA) is 82.7 Å². The van der Waals surface area contributed by atoms with Crippen LogP contribution < -0.4 is 11.2 Å². The third-order valence-electron chi connectivity index (χ3n) is 3.28. The predicted octanol–water partition coefficient (Wildman–Crippen LogP) is 0.593. The fraction of sp³-hybridized carbons (Fsp3) is 0.133. The van der Waals surface area contributed by atoms with Crippen LogP contribution in [0.3, 0.4) is 0 Å². The smallest absolute Gasteiger partial charge is 0.279 e. The zero-order valence-corrected chi connectivity index (χ0v) is 12.1. The largest absolute Gasteiger partial charge is 0.332 e. The fourth-order valence-electron chi connectivity index (χ4n) is 2.06. The first kappa shape index (κ1) is 13.9. The number of pyridine rings is 1. The SMILES string of the molecule is Cn1c(=O)c2ncc(/C=C/c3ccccn3)nc2n(C)c1=O. The van der Waals surface area contributed by atoms with Crippen molar-refractivity contribution in [3.63, 3.8) is 0 Å². The Hall–Kier alpha value is -3.09. The summed E-state index contributed by atoms with van der Waals surface area (Å²) in [6.45, 7) is 0. The maximum Gasteiger partial charge on any atom is 0.332 e. The monoisotopic (exact) mass is 295 g/mol. The molecule has 0 saturated carbocycles. The number of aromatic nitrogens is 5. The Labute approximate surface area is 125 Å². The summed E-state index contributed by atoms with van der Waals surface area (Å²) in [5.41, 5.74) is 0.864. The molecule has 3 heterocycles. The number of nitrogens with zero attached hydrogens (tertiary/aromatic N) is 5. The number of hydrogen-bond acceptors (Lipinski definition) is 5. The molecule has 22 heavy (non-hydrogen) atoms. The quantitative estimate of drug-likeness (QED) is 0.691. The Balaban J connectivity index is 2.13. The summed E-state index contributed by atoms with van der Waals surface area (Å²) in [5.74, 6) is 0. The Morgan fingerprint density at radius 2 is 1.77 bits per heavy atom. The van der Waals surface area contributed by atoms with Crippen LogP contribution in [0, 0.1) is 0 Å². The third kappa shape index (κ3) is 2.32. The minimum absolute atomic E-state index is 0.166. The number of aryl methyl sites for hydroxylation is 1. The fourth-order valence-corrected chi connectivity index (χ4v) is 2.06. The van der Waals surface area contributed by atoms with Crippen LogP contribution in [-0.2, 0) is 14.1 Å². The van der Waals surface area contributed by atoms with Gasteiger partial charge in [-0.15, -0.1) is 0 Å². The van der Waals surface area contributed by atoms with E-state index in [9.17, 15) is 9.59 Å². The molecule has 3 rings (SSSR count). The van der Waals surface area contributed by atoms with E-state index < -0.39 is 11.2 Å². The Morgan fingerprint density at radius 3 is 2.50 bits per heavy atom. The van der Waals surface area contributed by atoms with Gasteiger partial charge in [0, 0.05) is 20.3 Å². The summed E-state index contributed by atoms with van der Waals surface area (Å²) < 4.78 is 2.32. The van der Waals surface area contributed by atoms with E-state index in [2.05, 4.69) is 15.0 Å². The molecule has 3 aromatic rings. The molecule has 7 nitrogen and oxygen atoms in total. The molecule has 0 fully saturated rings. The highest BCUT2D eigenvalue weighted by atomic mass is 16.2. The number of fused-ring (bicyclic) bond motifs is 1. The average Bonchev–Trinajstić information content (AvgIpc) is 2.57. The molecule has 0 saturated heterocycles. The molecule has 0 unspecified atom stereocenters. The van der Waals surface area contributed by atoms with Gasteiger partial charge in [0.2, 0.25) is 0 Å². The van der Waals surface area contributed by atoms with Gasteiger partial charge in [-0.1, -0.05) is 6.07 Å². The lowest BCUT2D eigenvalue weighted by Crippen LogP contribution is -2.37. The molecular weight excluding hydrogens is 282 g/mol. The molecule has 0 bridgehead atoms. The lowest BCUT2D eigenvalue weighted by Gasteiger charge is -2.06. The second-order valence-corrected chi connectivity index (χ2v) is 4.76. The van der Waals surface area contributed by atoms with Crippen LogP contribution >= 0.6 is 0 Å². The highest BCUT2D eigenvalue weighted by Gasteiger charge is 2.10. The lowest BCUT2D eigenvalue weighted by molar-refractivity contribution is 0.704. The molecule has 0 aliphatic rings. The first-order valence-electron chi connectivity index (χ1n) is 6.60. The molecular formula is C15H13N5O2. The third-order valence-corrected chi connectivity index (χ3v) is 3.28. The van der Waals surface area contributed by atoms with E-state index in [1.54, 1.807) is 25.4 Å². The van der Waals surface area contributed by atoms with Gasteiger partial charge in [0.05, 0.1) is 17.6 Å². The van der Waals surface area contributed by atoms with Crippen molar-refractivity contribution >= 4 is 23.3 Å². The van der Waals surface area contributed by atoms with E-state index in [-0.39, 0.29) is 11.2 Å². The van der Waals surface area contributed by atoms with E-state index in [0.717, 1.165) is 10.3 Å². The van der Waals surface area contributed by atoms with E-state index in [1.807, 2.05) is 18.2 Å². The summed E-state index contributed by atoms with van der Waals surface area (Å²) in [4.78, 5) is 36.6. The van der Waals surface area contributed by atoms with Crippen LogP contribution in [0.5, 0.6) is 0 Å². The molecule has 0 radical (unpaired) electrons. The van der Waals surface area contributed by atoms with Crippen molar-refractivity contribution in [3.05, 3.63) is 62.8 Å². The predicted molar refractivity (Wildman–Crippen MR) is 83.2 cm³/mol. The molecule has 0 aliphatic heterocycles. The van der Waals surface area contributed by atoms with Crippen molar-refractivity contribution in [1.29, 1.82) is 0 Å². The minimum atomic E-state index is -0.453. The number of hydrogen-bond donors (Lipinski definition) is 0. The zero-order valence-electron chi connectivity index (χ0n) is 12.1. The molecule has 0 amide bonds. The first-order valence-corrected chi connectivity index (χ1v) is 6.60. The van der Waals surface area contributed by atoms with Gasteiger partial charge in [0.1, 0.15) is 0 Å². The van der Waals surface area contributed by atoms with E-state index in [1.165, 1.54) is 17.8 Å². The normalized spacial score (nSPS) is 11.4. The lowest BCUT2D eigenvalue weighted by atomic mass is 10.3. The van der Waals surface area contributed by atoms with Crippen molar-refractivity contribution in [2.45, 2.75) is 0 Å². The summed E-state index contributed by atoms with van der Waals surface area (Å²) in [6.07, 6.45) is 6.71. The molecule has 0 spiro atoms. The first-order chi connectivity index (χ1) is 10.6. The van der Waals surface area contributed by atoms with Gasteiger partial charge in [-0.3, -0.25) is 18.9 Å². The van der Waals surface area contributed by atoms with Gasteiger partial charge in [-0.25, -0.2) is 14.8 Å². The highest BCUT2D eigenvalue weighted by molar-refractivity contribution is 5.72. The summed E-state index contributed by atoms with van der Waals surface area (Å²) in [6, 6.07) is 5.57. The molecule has 0 aromatic carbocycles. The van der Waals surface area contributed by atoms with Gasteiger partial charge in [0.15, 0.2) is 11.2 Å². The van der Waals surface area contributed by atoms with Crippen LogP contribution in [0.15, 0.2) is 40.2 Å². The molecule has 110 valence electrons. The molecule has 0 aliphatic carbocycles. The average molecular weight is 295 g/mol. The van der Waals surface area contributed by atoms with Crippen LogP contribution in [0.4, 0.5) is 0 Å². The van der Waals surface area contributed by atoms with Crippen LogP contribution in [0.2, 0.25) is 0 Å². The van der Waals surface area contributed by atoms with Gasteiger partial charge in [0.25, 0.3) is 5.56 Å². The second-order valence-electron chi connectivity index (χ2n) is 4.76. The van der Waals surface area contributed by atoms with E-state index in [0.29, 0.717) is 5.69 Å². The summed E-state index contributed by atoms with van der Waals surface area (Å²) in [5, 5.41) is 0. The summed E-state index contributed by atoms with van der Waals surface area (Å²) in [7, 11) is 2.98. The van der Waals surface area contributed by atoms with Gasteiger partial charge >= 0.3 is 5.69 Å². The van der Waals surface area contributed by atoms with Crippen molar-refractivity contribution in [2.24, 2.45) is 14.1 Å². The Morgan fingerprint density at radius 1 is 1.00 bits per heavy atom. The molecule has 0 atom stereocenters. The number of rotatable bonds is 2. The van der Waals surface area contributed by atoms with Crippen molar-refractivity contribution in [3.8, 4) is 0 Å².